The Bertz CT molecular complexity index is 1130. The van der Waals surface area contributed by atoms with Gasteiger partial charge in [0.2, 0.25) is 0 Å². The second-order valence-corrected chi connectivity index (χ2v) is 9.36. The molecular formula is C34H46F2N2. The van der Waals surface area contributed by atoms with Gasteiger partial charge in [0.1, 0.15) is 11.6 Å². The van der Waals surface area contributed by atoms with Crippen LogP contribution in [0.2, 0.25) is 0 Å². The smallest absolute Gasteiger partial charge is 0.147 e. The Morgan fingerprint density at radius 3 is 2.42 bits per heavy atom. The molecule has 2 heterocycles. The molecule has 0 aromatic heterocycles. The summed E-state index contributed by atoms with van der Waals surface area (Å²) in [6.07, 6.45) is 15.1. The fourth-order valence-electron chi connectivity index (χ4n) is 3.91. The second-order valence-electron chi connectivity index (χ2n) is 9.36. The predicted octanol–water partition coefficient (Wildman–Crippen LogP) is 9.84. The Morgan fingerprint density at radius 1 is 1.16 bits per heavy atom. The lowest BCUT2D eigenvalue weighted by atomic mass is 9.90. The van der Waals surface area contributed by atoms with E-state index in [1.807, 2.05) is 66.2 Å². The molecule has 206 valence electrons. The van der Waals surface area contributed by atoms with E-state index in [4.69, 9.17) is 0 Å². The minimum absolute atomic E-state index is 0.227. The van der Waals surface area contributed by atoms with Crippen LogP contribution in [0.4, 0.5) is 8.78 Å². The number of nitrogens with one attached hydrogen (secondary N) is 1. The minimum Gasteiger partial charge on any atom is -0.391 e. The normalized spacial score (nSPS) is 16.4. The summed E-state index contributed by atoms with van der Waals surface area (Å²) in [5, 5.41) is 3.17. The quantitative estimate of drug-likeness (QED) is 0.389. The highest BCUT2D eigenvalue weighted by molar-refractivity contribution is 5.64. The van der Waals surface area contributed by atoms with E-state index in [9.17, 15) is 8.78 Å². The fraction of sp³-hybridized carbons (Fsp3) is 0.412. The van der Waals surface area contributed by atoms with Crippen molar-refractivity contribution in [2.24, 2.45) is 0 Å². The molecule has 4 heteroatoms. The number of nitrogens with zero attached hydrogens (tertiary/aromatic N) is 1. The lowest BCUT2D eigenvalue weighted by Gasteiger charge is -2.24. The van der Waals surface area contributed by atoms with E-state index >= 15 is 0 Å². The van der Waals surface area contributed by atoms with Crippen LogP contribution in [0.15, 0.2) is 77.7 Å². The van der Waals surface area contributed by atoms with Gasteiger partial charge in [-0.2, -0.15) is 0 Å². The van der Waals surface area contributed by atoms with Gasteiger partial charge in [0.05, 0.1) is 5.70 Å². The van der Waals surface area contributed by atoms with E-state index in [1.165, 1.54) is 12.5 Å². The van der Waals surface area contributed by atoms with Crippen molar-refractivity contribution in [1.82, 2.24) is 10.2 Å². The van der Waals surface area contributed by atoms with Gasteiger partial charge in [-0.05, 0) is 87.2 Å². The summed E-state index contributed by atoms with van der Waals surface area (Å²) >= 11 is 0. The molecule has 1 aromatic carbocycles. The first-order valence-corrected chi connectivity index (χ1v) is 13.7. The van der Waals surface area contributed by atoms with Crippen LogP contribution in [0.1, 0.15) is 96.8 Å². The van der Waals surface area contributed by atoms with E-state index in [0.717, 1.165) is 48.1 Å². The van der Waals surface area contributed by atoms with Gasteiger partial charge >= 0.3 is 0 Å². The monoisotopic (exact) mass is 520 g/mol. The molecule has 0 aliphatic carbocycles. The van der Waals surface area contributed by atoms with Crippen molar-refractivity contribution in [1.29, 1.82) is 0 Å². The molecule has 1 atom stereocenters. The lowest BCUT2D eigenvalue weighted by molar-refractivity contribution is 0.536. The molecule has 0 saturated carbocycles. The summed E-state index contributed by atoms with van der Waals surface area (Å²) in [6.45, 7) is 20.6. The van der Waals surface area contributed by atoms with Crippen molar-refractivity contribution in [3.05, 3.63) is 100 Å². The summed E-state index contributed by atoms with van der Waals surface area (Å²) < 4.78 is 29.3. The van der Waals surface area contributed by atoms with Gasteiger partial charge < -0.3 is 10.2 Å². The van der Waals surface area contributed by atoms with Gasteiger partial charge in [-0.25, -0.2) is 8.78 Å². The molecule has 0 amide bonds. The standard InChI is InChI=1S/C25H28F2N2.C7H12.C2H6/c1-16(2)14-29-15-22(13-24(26)19(29)5)17(3)11-23-18(4)10-21(12-25(23)27)20-6-8-28-9-7-20;1-3-5-7-6-4-2;1-2/h6,8,10-15,20,28H,5,7,9H2,1-4H3;3-5H2,1-2H3;1-2H3/b17-11+;;. The Hall–Kier alpha value is -3.32. The summed E-state index contributed by atoms with van der Waals surface area (Å²) in [7, 11) is 0. The minimum atomic E-state index is -0.391. The Morgan fingerprint density at radius 2 is 1.87 bits per heavy atom. The Kier molecular flexibility index (Phi) is 14.8. The van der Waals surface area contributed by atoms with Crippen molar-refractivity contribution in [2.75, 3.05) is 6.54 Å². The third kappa shape index (κ3) is 10.2. The summed E-state index contributed by atoms with van der Waals surface area (Å²) in [6, 6.07) is 3.67. The largest absolute Gasteiger partial charge is 0.391 e. The average molecular weight is 521 g/mol. The van der Waals surface area contributed by atoms with E-state index in [1.54, 1.807) is 17.0 Å². The SMILES string of the molecule is C=C1C(F)=CC(/C(C)=C/c2c(C)cc(C3C=CNCC3)cc2F)=CN1C=C(C)C.CC.CCC#CCCC. The molecule has 0 bridgehead atoms. The van der Waals surface area contributed by atoms with Crippen LogP contribution in [0, 0.1) is 24.6 Å². The van der Waals surface area contributed by atoms with Crippen LogP contribution in [0.25, 0.3) is 6.08 Å². The average Bonchev–Trinajstić information content (AvgIpc) is 2.90. The van der Waals surface area contributed by atoms with Crippen LogP contribution in [-0.2, 0) is 0 Å². The van der Waals surface area contributed by atoms with E-state index < -0.39 is 5.83 Å². The number of hydrogen-bond donors (Lipinski definition) is 1. The zero-order chi connectivity index (χ0) is 28.7. The number of unbranched alkanes of at least 4 members (excludes halogenated alkanes) is 1. The van der Waals surface area contributed by atoms with E-state index in [-0.39, 0.29) is 11.7 Å². The highest BCUT2D eigenvalue weighted by atomic mass is 19.1. The first-order chi connectivity index (χ1) is 18.2. The molecule has 1 N–H and O–H groups in total. The van der Waals surface area contributed by atoms with Crippen molar-refractivity contribution in [2.45, 2.75) is 87.0 Å². The second kappa shape index (κ2) is 17.2. The summed E-state index contributed by atoms with van der Waals surface area (Å²) in [5.74, 6) is 5.62. The van der Waals surface area contributed by atoms with Gasteiger partial charge in [-0.1, -0.05) is 52.0 Å². The van der Waals surface area contributed by atoms with Gasteiger partial charge in [-0.3, -0.25) is 0 Å². The van der Waals surface area contributed by atoms with Gasteiger partial charge in [0.15, 0.2) is 0 Å². The molecule has 3 rings (SSSR count). The summed E-state index contributed by atoms with van der Waals surface area (Å²) in [4.78, 5) is 1.67. The molecule has 38 heavy (non-hydrogen) atoms. The van der Waals surface area contributed by atoms with E-state index in [2.05, 4.69) is 43.7 Å². The van der Waals surface area contributed by atoms with Crippen LogP contribution in [-0.4, -0.2) is 11.4 Å². The van der Waals surface area contributed by atoms with Crippen molar-refractivity contribution < 1.29 is 8.78 Å². The fourth-order valence-corrected chi connectivity index (χ4v) is 3.91. The topological polar surface area (TPSA) is 15.3 Å². The first kappa shape index (κ1) is 32.7. The molecule has 0 fully saturated rings. The molecule has 1 unspecified atom stereocenters. The highest BCUT2D eigenvalue weighted by Gasteiger charge is 2.18. The number of rotatable bonds is 5. The molecule has 2 nitrogen and oxygen atoms in total. The third-order valence-corrected chi connectivity index (χ3v) is 5.87. The van der Waals surface area contributed by atoms with E-state index in [0.29, 0.717) is 16.8 Å². The van der Waals surface area contributed by atoms with Crippen molar-refractivity contribution >= 4 is 6.08 Å². The van der Waals surface area contributed by atoms with Gasteiger partial charge in [0, 0.05) is 43.3 Å². The van der Waals surface area contributed by atoms with Gasteiger partial charge in [-0.15, -0.1) is 11.8 Å². The van der Waals surface area contributed by atoms with Crippen LogP contribution in [0.3, 0.4) is 0 Å². The molecule has 2 aliphatic heterocycles. The Balaban J connectivity index is 0.000000696. The maximum atomic E-state index is 15.0. The first-order valence-electron chi connectivity index (χ1n) is 13.7. The molecule has 0 saturated heterocycles. The van der Waals surface area contributed by atoms with Crippen molar-refractivity contribution in [3.63, 3.8) is 0 Å². The molecule has 2 aliphatic rings. The predicted molar refractivity (Wildman–Crippen MR) is 161 cm³/mol. The lowest BCUT2D eigenvalue weighted by Crippen LogP contribution is -2.16. The number of hydrogen-bond acceptors (Lipinski definition) is 2. The number of allylic oxidation sites excluding steroid dienone is 6. The molecule has 0 radical (unpaired) electrons. The molecular weight excluding hydrogens is 474 g/mol. The van der Waals surface area contributed by atoms with Crippen LogP contribution >= 0.6 is 0 Å². The molecule has 1 aromatic rings. The highest BCUT2D eigenvalue weighted by Crippen LogP contribution is 2.31. The maximum absolute atomic E-state index is 15.0. The maximum Gasteiger partial charge on any atom is 0.147 e. The Labute approximate surface area is 230 Å². The zero-order valence-corrected chi connectivity index (χ0v) is 24.6. The number of benzene rings is 1. The summed E-state index contributed by atoms with van der Waals surface area (Å²) in [5.41, 5.74) is 5.20. The van der Waals surface area contributed by atoms with Crippen LogP contribution in [0.5, 0.6) is 0 Å². The zero-order valence-electron chi connectivity index (χ0n) is 24.6. The van der Waals surface area contributed by atoms with Gasteiger partial charge in [0.25, 0.3) is 0 Å². The van der Waals surface area contributed by atoms with Crippen molar-refractivity contribution in [3.8, 4) is 11.8 Å². The number of halogens is 2. The third-order valence-electron chi connectivity index (χ3n) is 5.87. The molecule has 0 spiro atoms. The number of aryl methyl sites for hydroxylation is 1. The van der Waals surface area contributed by atoms with Crippen LogP contribution < -0.4 is 5.32 Å².